The highest BCUT2D eigenvalue weighted by Gasteiger charge is 2.44. The second kappa shape index (κ2) is 4.92. The second-order valence-corrected chi connectivity index (χ2v) is 6.32. The molecule has 0 atom stereocenters. The van der Waals surface area contributed by atoms with Crippen molar-refractivity contribution in [3.8, 4) is 0 Å². The van der Waals surface area contributed by atoms with Gasteiger partial charge in [-0.05, 0) is 25.0 Å². The van der Waals surface area contributed by atoms with Gasteiger partial charge in [-0.3, -0.25) is 14.6 Å². The number of carbonyl (C=O) groups is 2. The first-order valence-electron chi connectivity index (χ1n) is 8.22. The van der Waals surface area contributed by atoms with E-state index in [1.165, 1.54) is 0 Å². The normalized spacial score (nSPS) is 17.2. The van der Waals surface area contributed by atoms with E-state index < -0.39 is 5.66 Å². The maximum Gasteiger partial charge on any atom is 0.196 e. The van der Waals surface area contributed by atoms with Gasteiger partial charge in [0.2, 0.25) is 0 Å². The van der Waals surface area contributed by atoms with Gasteiger partial charge >= 0.3 is 0 Å². The van der Waals surface area contributed by atoms with E-state index in [1.807, 2.05) is 6.07 Å². The lowest BCUT2D eigenvalue weighted by Crippen LogP contribution is -2.54. The molecule has 1 aliphatic heterocycles. The molecule has 0 saturated heterocycles. The van der Waals surface area contributed by atoms with Crippen molar-refractivity contribution in [1.29, 1.82) is 0 Å². The van der Waals surface area contributed by atoms with Crippen LogP contribution in [-0.4, -0.2) is 17.2 Å². The first kappa shape index (κ1) is 14.9. The molecular weight excluding hydrogens is 302 g/mol. The molecule has 0 amide bonds. The van der Waals surface area contributed by atoms with Gasteiger partial charge in [0.15, 0.2) is 11.6 Å². The minimum absolute atomic E-state index is 0.123. The monoisotopic (exact) mass is 321 g/mol. The molecule has 2 aromatic carbocycles. The van der Waals surface area contributed by atoms with Gasteiger partial charge in [-0.2, -0.15) is 0 Å². The Bertz CT molecular complexity index is 884. The van der Waals surface area contributed by atoms with E-state index in [2.05, 4.69) is 19.2 Å². The Morgan fingerprint density at radius 1 is 0.958 bits per heavy atom. The molecule has 4 rings (SSSR count). The van der Waals surface area contributed by atoms with Crippen LogP contribution in [0, 0.1) is 0 Å². The predicted octanol–water partition coefficient (Wildman–Crippen LogP) is 3.08. The number of benzene rings is 2. The molecule has 0 fully saturated rings. The molecule has 122 valence electrons. The summed E-state index contributed by atoms with van der Waals surface area (Å²) in [5, 5.41) is 5.08. The third-order valence-electron chi connectivity index (χ3n) is 5.31. The first-order chi connectivity index (χ1) is 11.5. The average molecular weight is 321 g/mol. The van der Waals surface area contributed by atoms with Crippen molar-refractivity contribution in [1.82, 2.24) is 0 Å². The van der Waals surface area contributed by atoms with E-state index in [0.717, 1.165) is 18.5 Å². The van der Waals surface area contributed by atoms with Gasteiger partial charge in [-0.15, -0.1) is 0 Å². The van der Waals surface area contributed by atoms with Crippen molar-refractivity contribution in [3.05, 3.63) is 58.7 Å². The van der Waals surface area contributed by atoms with Crippen LogP contribution in [0.15, 0.2) is 36.4 Å². The zero-order valence-electron chi connectivity index (χ0n) is 13.7. The Balaban J connectivity index is 1.97. The van der Waals surface area contributed by atoms with E-state index in [0.29, 0.717) is 27.9 Å². The minimum Gasteiger partial charge on any atom is -0.360 e. The molecule has 3 N–H and O–H groups in total. The first-order valence-corrected chi connectivity index (χ1v) is 8.22. The number of rotatable bonds is 2. The molecule has 1 heterocycles. The van der Waals surface area contributed by atoms with Gasteiger partial charge in [0.25, 0.3) is 0 Å². The lowest BCUT2D eigenvalue weighted by molar-refractivity contribution is 0.0979. The number of ketones is 2. The van der Waals surface area contributed by atoms with Crippen molar-refractivity contribution in [2.75, 3.05) is 10.3 Å². The Labute approximate surface area is 140 Å². The van der Waals surface area contributed by atoms with Crippen LogP contribution in [0.4, 0.5) is 11.4 Å². The lowest BCUT2D eigenvalue weighted by Gasteiger charge is -2.36. The Morgan fingerprint density at radius 2 is 1.58 bits per heavy atom. The van der Waals surface area contributed by atoms with Gasteiger partial charge in [0.05, 0.1) is 16.9 Å². The van der Waals surface area contributed by atoms with Crippen molar-refractivity contribution >= 4 is 22.9 Å². The fourth-order valence-corrected chi connectivity index (χ4v) is 3.81. The number of nitrogens with two attached hydrogens (primary N) is 1. The molecule has 1 aliphatic carbocycles. The summed E-state index contributed by atoms with van der Waals surface area (Å²) in [6.07, 6.45) is 1.56. The molecule has 2 aliphatic rings. The second-order valence-electron chi connectivity index (χ2n) is 6.32. The van der Waals surface area contributed by atoms with Crippen LogP contribution in [0.1, 0.15) is 58.5 Å². The molecule has 0 spiro atoms. The Morgan fingerprint density at radius 3 is 2.21 bits per heavy atom. The van der Waals surface area contributed by atoms with Crippen molar-refractivity contribution in [2.45, 2.75) is 32.4 Å². The van der Waals surface area contributed by atoms with E-state index in [1.54, 1.807) is 35.3 Å². The van der Waals surface area contributed by atoms with Crippen molar-refractivity contribution < 1.29 is 9.59 Å². The SMILES string of the molecule is CCC1(CC)Nc2ccc3c(c2N1N)C(=O)c1ccccc1C3=O. The van der Waals surface area contributed by atoms with Crippen LogP contribution in [0.3, 0.4) is 0 Å². The number of hydrazine groups is 1. The van der Waals surface area contributed by atoms with Crippen LogP contribution < -0.4 is 16.2 Å². The standard InChI is InChI=1S/C19H19N3O2/c1-3-19(4-2)21-14-10-9-13-15(16(14)22(19)20)18(24)12-8-6-5-7-11(12)17(13)23/h5-10,21H,3-4,20H2,1-2H3. The molecule has 0 unspecified atom stereocenters. The molecule has 5 heteroatoms. The summed E-state index contributed by atoms with van der Waals surface area (Å²) in [7, 11) is 0. The summed E-state index contributed by atoms with van der Waals surface area (Å²) in [5.74, 6) is 6.14. The number of fused-ring (bicyclic) bond motifs is 4. The highest BCUT2D eigenvalue weighted by Crippen LogP contribution is 2.46. The summed E-state index contributed by atoms with van der Waals surface area (Å²) in [4.78, 5) is 25.9. The highest BCUT2D eigenvalue weighted by atomic mass is 16.1. The molecule has 2 aromatic rings. The van der Waals surface area contributed by atoms with Crippen LogP contribution >= 0.6 is 0 Å². The van der Waals surface area contributed by atoms with E-state index in [-0.39, 0.29) is 11.6 Å². The molecule has 0 bridgehead atoms. The summed E-state index contributed by atoms with van der Waals surface area (Å²) in [6.45, 7) is 4.11. The number of nitrogens with one attached hydrogen (secondary N) is 1. The number of hydrogen-bond acceptors (Lipinski definition) is 5. The molecule has 0 aromatic heterocycles. The van der Waals surface area contributed by atoms with Crippen molar-refractivity contribution in [2.24, 2.45) is 5.84 Å². The number of anilines is 2. The number of hydrogen-bond donors (Lipinski definition) is 2. The summed E-state index contributed by atoms with van der Waals surface area (Å²) >= 11 is 0. The lowest BCUT2D eigenvalue weighted by atomic mass is 9.83. The molecule has 0 radical (unpaired) electrons. The highest BCUT2D eigenvalue weighted by molar-refractivity contribution is 6.31. The largest absolute Gasteiger partial charge is 0.360 e. The smallest absolute Gasteiger partial charge is 0.196 e. The minimum atomic E-state index is -0.433. The Kier molecular flexibility index (Phi) is 3.05. The van der Waals surface area contributed by atoms with Gasteiger partial charge in [-0.1, -0.05) is 38.1 Å². The maximum atomic E-state index is 13.1. The maximum absolute atomic E-state index is 13.1. The molecular formula is C19H19N3O2. The third-order valence-corrected chi connectivity index (χ3v) is 5.31. The van der Waals surface area contributed by atoms with Gasteiger partial charge in [0.1, 0.15) is 5.66 Å². The zero-order chi connectivity index (χ0) is 17.1. The average Bonchev–Trinajstić information content (AvgIpc) is 2.92. The van der Waals surface area contributed by atoms with Gasteiger partial charge in [0, 0.05) is 16.7 Å². The Hall–Kier alpha value is -2.66. The van der Waals surface area contributed by atoms with E-state index in [4.69, 9.17) is 5.84 Å². The quantitative estimate of drug-likeness (QED) is 0.709. The number of nitrogens with zero attached hydrogens (tertiary/aromatic N) is 1. The summed E-state index contributed by atoms with van der Waals surface area (Å²) in [5.41, 5.74) is 2.75. The fraction of sp³-hybridized carbons (Fsp3) is 0.263. The van der Waals surface area contributed by atoms with Gasteiger partial charge < -0.3 is 5.32 Å². The third kappa shape index (κ3) is 1.67. The van der Waals surface area contributed by atoms with Crippen LogP contribution in [0.2, 0.25) is 0 Å². The predicted molar refractivity (Wildman–Crippen MR) is 93.4 cm³/mol. The fourth-order valence-electron chi connectivity index (χ4n) is 3.81. The van der Waals surface area contributed by atoms with E-state index in [9.17, 15) is 9.59 Å². The summed E-state index contributed by atoms with van der Waals surface area (Å²) in [6, 6.07) is 10.5. The van der Waals surface area contributed by atoms with Gasteiger partial charge in [-0.25, -0.2) is 5.84 Å². The van der Waals surface area contributed by atoms with Crippen LogP contribution in [-0.2, 0) is 0 Å². The molecule has 5 nitrogen and oxygen atoms in total. The molecule has 24 heavy (non-hydrogen) atoms. The van der Waals surface area contributed by atoms with Crippen LogP contribution in [0.5, 0.6) is 0 Å². The molecule has 0 saturated carbocycles. The number of carbonyl (C=O) groups excluding carboxylic acids is 2. The summed E-state index contributed by atoms with van der Waals surface area (Å²) < 4.78 is 0. The van der Waals surface area contributed by atoms with Crippen LogP contribution in [0.25, 0.3) is 0 Å². The van der Waals surface area contributed by atoms with Crippen molar-refractivity contribution in [3.63, 3.8) is 0 Å². The van der Waals surface area contributed by atoms with E-state index >= 15 is 0 Å². The zero-order valence-corrected chi connectivity index (χ0v) is 13.7. The topological polar surface area (TPSA) is 75.4 Å².